The maximum Gasteiger partial charge on any atom is 0.264 e. The van der Waals surface area contributed by atoms with Gasteiger partial charge in [-0.05, 0) is 31.0 Å². The molecule has 0 aliphatic heterocycles. The third-order valence-electron chi connectivity index (χ3n) is 2.64. The van der Waals surface area contributed by atoms with Gasteiger partial charge in [-0.2, -0.15) is 0 Å². The Morgan fingerprint density at radius 3 is 2.47 bits per heavy atom. The number of halogens is 2. The summed E-state index contributed by atoms with van der Waals surface area (Å²) in [5.41, 5.74) is 0.170. The minimum atomic E-state index is -4.22. The van der Waals surface area contributed by atoms with E-state index in [1.165, 1.54) is 17.9 Å². The fraction of sp³-hybridized carbons (Fsp3) is 0.417. The van der Waals surface area contributed by atoms with E-state index >= 15 is 0 Å². The molecule has 0 aliphatic carbocycles. The quantitative estimate of drug-likeness (QED) is 0.803. The first-order valence-corrected chi connectivity index (χ1v) is 7.99. The molecule has 7 heteroatoms. The Hall–Kier alpha value is -1.14. The van der Waals surface area contributed by atoms with Gasteiger partial charge < -0.3 is 4.90 Å². The van der Waals surface area contributed by atoms with Crippen LogP contribution in [0.1, 0.15) is 29.3 Å². The van der Waals surface area contributed by atoms with E-state index in [4.69, 9.17) is 10.7 Å². The Morgan fingerprint density at radius 2 is 2.00 bits per heavy atom. The first kappa shape index (κ1) is 15.9. The summed E-state index contributed by atoms with van der Waals surface area (Å²) in [7, 11) is 2.53. The highest BCUT2D eigenvalue weighted by Gasteiger charge is 2.22. The van der Waals surface area contributed by atoms with E-state index in [2.05, 4.69) is 0 Å². The van der Waals surface area contributed by atoms with Crippen LogP contribution in [0.15, 0.2) is 17.0 Å². The van der Waals surface area contributed by atoms with Crippen LogP contribution in [0.25, 0.3) is 0 Å². The minimum absolute atomic E-state index is 0.0648. The normalized spacial score (nSPS) is 11.4. The molecule has 0 bridgehead atoms. The monoisotopic (exact) mass is 307 g/mol. The van der Waals surface area contributed by atoms with Crippen molar-refractivity contribution in [3.05, 3.63) is 29.1 Å². The van der Waals surface area contributed by atoms with Crippen LogP contribution in [0.3, 0.4) is 0 Å². The van der Waals surface area contributed by atoms with Gasteiger partial charge >= 0.3 is 0 Å². The lowest BCUT2D eigenvalue weighted by Crippen LogP contribution is -2.27. The van der Waals surface area contributed by atoms with Crippen molar-refractivity contribution in [2.45, 2.75) is 25.2 Å². The fourth-order valence-electron chi connectivity index (χ4n) is 1.70. The Bertz CT molecular complexity index is 601. The molecule has 4 nitrogen and oxygen atoms in total. The molecule has 0 saturated heterocycles. The van der Waals surface area contributed by atoms with Crippen LogP contribution in [-0.4, -0.2) is 32.8 Å². The van der Waals surface area contributed by atoms with Gasteiger partial charge in [-0.15, -0.1) is 0 Å². The maximum absolute atomic E-state index is 13.7. The second-order valence-corrected chi connectivity index (χ2v) is 6.80. The molecule has 0 aliphatic rings. The number of carbonyl (C=O) groups excluding carboxylic acids is 1. The summed E-state index contributed by atoms with van der Waals surface area (Å²) < 4.78 is 36.3. The van der Waals surface area contributed by atoms with Gasteiger partial charge in [0.15, 0.2) is 0 Å². The van der Waals surface area contributed by atoms with Gasteiger partial charge in [0.2, 0.25) is 0 Å². The first-order valence-electron chi connectivity index (χ1n) is 5.68. The zero-order valence-corrected chi connectivity index (χ0v) is 12.5. The molecule has 19 heavy (non-hydrogen) atoms. The van der Waals surface area contributed by atoms with Gasteiger partial charge in [0.1, 0.15) is 10.7 Å². The summed E-state index contributed by atoms with van der Waals surface area (Å²) in [5.74, 6) is -1.30. The highest BCUT2D eigenvalue weighted by atomic mass is 35.7. The fourth-order valence-corrected chi connectivity index (χ4v) is 2.68. The van der Waals surface area contributed by atoms with Crippen molar-refractivity contribution >= 4 is 25.6 Å². The van der Waals surface area contributed by atoms with Gasteiger partial charge in [-0.25, -0.2) is 12.8 Å². The second kappa shape index (κ2) is 5.88. The van der Waals surface area contributed by atoms with Crippen LogP contribution in [0.5, 0.6) is 0 Å². The molecule has 0 heterocycles. The number of rotatable bonds is 4. The largest absolute Gasteiger partial charge is 0.342 e. The van der Waals surface area contributed by atoms with Crippen LogP contribution >= 0.6 is 10.7 Å². The van der Waals surface area contributed by atoms with Crippen molar-refractivity contribution in [2.24, 2.45) is 0 Å². The topological polar surface area (TPSA) is 54.5 Å². The number of hydrogen-bond acceptors (Lipinski definition) is 3. The van der Waals surface area contributed by atoms with Gasteiger partial charge in [-0.1, -0.05) is 6.92 Å². The van der Waals surface area contributed by atoms with Crippen molar-refractivity contribution in [3.8, 4) is 0 Å². The number of benzene rings is 1. The lowest BCUT2D eigenvalue weighted by Gasteiger charge is -2.17. The van der Waals surface area contributed by atoms with E-state index in [0.717, 1.165) is 12.5 Å². The molecule has 1 rings (SSSR count). The van der Waals surface area contributed by atoms with Gasteiger partial charge in [0.05, 0.1) is 0 Å². The van der Waals surface area contributed by atoms with Crippen LogP contribution in [0.4, 0.5) is 4.39 Å². The smallest absolute Gasteiger partial charge is 0.264 e. The maximum atomic E-state index is 13.7. The van der Waals surface area contributed by atoms with Gasteiger partial charge in [-0.3, -0.25) is 4.79 Å². The predicted molar refractivity (Wildman–Crippen MR) is 71.4 cm³/mol. The third kappa shape index (κ3) is 3.67. The number of carbonyl (C=O) groups is 1. The van der Waals surface area contributed by atoms with E-state index in [-0.39, 0.29) is 17.0 Å². The standard InChI is InChI=1S/C12H15ClFNO3S/c1-4-5-15(3)12(16)9-6-8(2)11(14)10(7-9)19(13,17)18/h6-7H,4-5H2,1-3H3. The summed E-state index contributed by atoms with van der Waals surface area (Å²) >= 11 is 0. The molecule has 0 fully saturated rings. The molecule has 0 aromatic heterocycles. The number of aryl methyl sites for hydroxylation is 1. The van der Waals surface area contributed by atoms with Crippen molar-refractivity contribution in [1.29, 1.82) is 0 Å². The molecule has 0 atom stereocenters. The molecule has 106 valence electrons. The highest BCUT2D eigenvalue weighted by Crippen LogP contribution is 2.24. The Labute approximate surface area is 116 Å². The van der Waals surface area contributed by atoms with Crippen molar-refractivity contribution < 1.29 is 17.6 Å². The molecule has 0 spiro atoms. The number of nitrogens with zero attached hydrogens (tertiary/aromatic N) is 1. The number of amides is 1. The third-order valence-corrected chi connectivity index (χ3v) is 3.96. The molecule has 1 amide bonds. The average Bonchev–Trinajstić information content (AvgIpc) is 2.30. The highest BCUT2D eigenvalue weighted by molar-refractivity contribution is 8.13. The van der Waals surface area contributed by atoms with Crippen LogP contribution in [0, 0.1) is 12.7 Å². The lowest BCUT2D eigenvalue weighted by atomic mass is 10.1. The molecule has 0 radical (unpaired) electrons. The summed E-state index contributed by atoms with van der Waals surface area (Å²) in [4.78, 5) is 12.8. The minimum Gasteiger partial charge on any atom is -0.342 e. The molecule has 0 N–H and O–H groups in total. The average molecular weight is 308 g/mol. The SMILES string of the molecule is CCCN(C)C(=O)c1cc(C)c(F)c(S(=O)(=O)Cl)c1. The summed E-state index contributed by atoms with van der Waals surface area (Å²) in [5, 5.41) is 0. The zero-order chi connectivity index (χ0) is 14.8. The van der Waals surface area contributed by atoms with E-state index in [1.807, 2.05) is 6.92 Å². The Morgan fingerprint density at radius 1 is 1.42 bits per heavy atom. The Kier molecular flexibility index (Phi) is 4.92. The summed E-state index contributed by atoms with van der Waals surface area (Å²) in [6.07, 6.45) is 0.767. The van der Waals surface area contributed by atoms with E-state index in [1.54, 1.807) is 7.05 Å². The van der Waals surface area contributed by atoms with E-state index < -0.39 is 19.8 Å². The van der Waals surface area contributed by atoms with Crippen LogP contribution < -0.4 is 0 Å². The molecule has 0 unspecified atom stereocenters. The summed E-state index contributed by atoms with van der Waals surface area (Å²) in [6.45, 7) is 3.82. The van der Waals surface area contributed by atoms with Crippen molar-refractivity contribution in [1.82, 2.24) is 4.90 Å². The Balaban J connectivity index is 3.33. The van der Waals surface area contributed by atoms with Crippen LogP contribution in [0.2, 0.25) is 0 Å². The summed E-state index contributed by atoms with van der Waals surface area (Å²) in [6, 6.07) is 2.29. The lowest BCUT2D eigenvalue weighted by molar-refractivity contribution is 0.0794. The number of hydrogen-bond donors (Lipinski definition) is 0. The van der Waals surface area contributed by atoms with Crippen LogP contribution in [-0.2, 0) is 9.05 Å². The van der Waals surface area contributed by atoms with Crippen molar-refractivity contribution in [3.63, 3.8) is 0 Å². The molecule has 1 aromatic carbocycles. The zero-order valence-electron chi connectivity index (χ0n) is 10.9. The van der Waals surface area contributed by atoms with Gasteiger partial charge in [0.25, 0.3) is 15.0 Å². The molecule has 1 aromatic rings. The van der Waals surface area contributed by atoms with E-state index in [0.29, 0.717) is 6.54 Å². The second-order valence-electron chi connectivity index (χ2n) is 4.27. The van der Waals surface area contributed by atoms with Gasteiger partial charge in [0, 0.05) is 29.8 Å². The molecule has 0 saturated carbocycles. The molecular weight excluding hydrogens is 293 g/mol. The predicted octanol–water partition coefficient (Wildman–Crippen LogP) is 2.54. The van der Waals surface area contributed by atoms with Crippen molar-refractivity contribution in [2.75, 3.05) is 13.6 Å². The van der Waals surface area contributed by atoms with E-state index in [9.17, 15) is 17.6 Å². The molecular formula is C12H15ClFNO3S. The first-order chi connectivity index (χ1) is 8.68.